The third kappa shape index (κ3) is 5.64. The van der Waals surface area contributed by atoms with Gasteiger partial charge in [0.15, 0.2) is 0 Å². The summed E-state index contributed by atoms with van der Waals surface area (Å²) in [6.45, 7) is 3.84. The molecule has 3 saturated carbocycles. The highest BCUT2D eigenvalue weighted by molar-refractivity contribution is 5.75. The summed E-state index contributed by atoms with van der Waals surface area (Å²) in [7, 11) is 0. The Morgan fingerprint density at radius 1 is 1.03 bits per heavy atom. The molecule has 0 saturated heterocycles. The van der Waals surface area contributed by atoms with E-state index in [1.165, 1.54) is 70.3 Å². The summed E-state index contributed by atoms with van der Waals surface area (Å²) in [5.74, 6) is 3.70. The number of aryl methyl sites for hydroxylation is 1. The van der Waals surface area contributed by atoms with E-state index in [9.17, 15) is 9.18 Å². The minimum absolute atomic E-state index is 0.0126. The summed E-state index contributed by atoms with van der Waals surface area (Å²) in [6.07, 6.45) is 19.8. The summed E-state index contributed by atoms with van der Waals surface area (Å²) in [5.41, 5.74) is 0.577. The first kappa shape index (κ1) is 23.5. The van der Waals surface area contributed by atoms with Crippen LogP contribution in [-0.2, 0) is 4.79 Å². The zero-order chi connectivity index (χ0) is 22.5. The normalized spacial score (nSPS) is 33.1. The molecule has 3 aliphatic rings. The van der Waals surface area contributed by atoms with Gasteiger partial charge in [0.05, 0.1) is 5.92 Å². The van der Waals surface area contributed by atoms with Crippen molar-refractivity contribution in [2.75, 3.05) is 0 Å². The van der Waals surface area contributed by atoms with Crippen molar-refractivity contribution in [3.8, 4) is 5.75 Å². The molecule has 4 rings (SSSR count). The predicted octanol–water partition coefficient (Wildman–Crippen LogP) is 8.03. The van der Waals surface area contributed by atoms with Crippen molar-refractivity contribution in [2.24, 2.45) is 35.5 Å². The second-order valence-electron chi connectivity index (χ2n) is 10.8. The number of hydrogen-bond acceptors (Lipinski definition) is 2. The van der Waals surface area contributed by atoms with Crippen LogP contribution in [0.4, 0.5) is 4.39 Å². The molecule has 1 aromatic carbocycles. The molecular formula is C29H41FO2. The lowest BCUT2D eigenvalue weighted by atomic mass is 9.59. The van der Waals surface area contributed by atoms with Gasteiger partial charge in [-0.05, 0) is 106 Å². The third-order valence-electron chi connectivity index (χ3n) is 8.89. The molecule has 176 valence electrons. The molecular weight excluding hydrogens is 399 g/mol. The minimum atomic E-state index is -0.311. The van der Waals surface area contributed by atoms with E-state index in [1.807, 2.05) is 0 Å². The number of hydrogen-bond donors (Lipinski definition) is 0. The maximum Gasteiger partial charge on any atom is 0.314 e. The number of rotatable bonds is 6. The first-order valence-corrected chi connectivity index (χ1v) is 13.1. The Labute approximate surface area is 194 Å². The van der Waals surface area contributed by atoms with Crippen LogP contribution in [0.3, 0.4) is 0 Å². The van der Waals surface area contributed by atoms with E-state index in [0.717, 1.165) is 30.6 Å². The van der Waals surface area contributed by atoms with Gasteiger partial charge in [0, 0.05) is 6.07 Å². The first-order valence-electron chi connectivity index (χ1n) is 13.1. The molecule has 3 aliphatic carbocycles. The fourth-order valence-electron chi connectivity index (χ4n) is 7.00. The Kier molecular flexibility index (Phi) is 8.07. The van der Waals surface area contributed by atoms with Gasteiger partial charge in [0.25, 0.3) is 0 Å². The van der Waals surface area contributed by atoms with Crippen LogP contribution in [0, 0.1) is 48.2 Å². The smallest absolute Gasteiger partial charge is 0.314 e. The molecule has 3 heteroatoms. The number of carbonyl (C=O) groups is 1. The van der Waals surface area contributed by atoms with Gasteiger partial charge >= 0.3 is 5.97 Å². The molecule has 4 unspecified atom stereocenters. The molecule has 0 radical (unpaired) electrons. The molecule has 0 aromatic heterocycles. The second kappa shape index (κ2) is 11.0. The second-order valence-corrected chi connectivity index (χ2v) is 10.8. The van der Waals surface area contributed by atoms with Crippen LogP contribution in [0.5, 0.6) is 5.75 Å². The van der Waals surface area contributed by atoms with Crippen molar-refractivity contribution in [1.82, 2.24) is 0 Å². The highest BCUT2D eigenvalue weighted by Crippen LogP contribution is 2.50. The molecule has 4 atom stereocenters. The Morgan fingerprint density at radius 2 is 1.81 bits per heavy atom. The summed E-state index contributed by atoms with van der Waals surface area (Å²) < 4.78 is 19.5. The van der Waals surface area contributed by atoms with Crippen LogP contribution < -0.4 is 4.74 Å². The molecule has 0 bridgehead atoms. The van der Waals surface area contributed by atoms with E-state index >= 15 is 0 Å². The van der Waals surface area contributed by atoms with Crippen LogP contribution in [0.15, 0.2) is 30.4 Å². The van der Waals surface area contributed by atoms with Crippen LogP contribution in [0.1, 0.15) is 89.5 Å². The van der Waals surface area contributed by atoms with Gasteiger partial charge in [-0.25, -0.2) is 4.39 Å². The van der Waals surface area contributed by atoms with E-state index in [0.29, 0.717) is 23.1 Å². The van der Waals surface area contributed by atoms with Gasteiger partial charge in [-0.2, -0.15) is 0 Å². The summed E-state index contributed by atoms with van der Waals surface area (Å²) in [4.78, 5) is 13.0. The lowest BCUT2D eigenvalue weighted by Gasteiger charge is -2.46. The average molecular weight is 441 g/mol. The number of esters is 1. The Morgan fingerprint density at radius 3 is 2.56 bits per heavy atom. The average Bonchev–Trinajstić information content (AvgIpc) is 2.81. The fraction of sp³-hybridized carbons (Fsp3) is 0.690. The highest BCUT2D eigenvalue weighted by Gasteiger charge is 2.43. The zero-order valence-electron chi connectivity index (χ0n) is 20.0. The quantitative estimate of drug-likeness (QED) is 0.254. The number of ether oxygens (including phenoxy) is 1. The Bertz CT molecular complexity index is 792. The predicted molar refractivity (Wildman–Crippen MR) is 128 cm³/mol. The molecule has 0 aliphatic heterocycles. The van der Waals surface area contributed by atoms with E-state index in [4.69, 9.17) is 4.74 Å². The van der Waals surface area contributed by atoms with Gasteiger partial charge in [-0.15, -0.1) is 0 Å². The van der Waals surface area contributed by atoms with Crippen molar-refractivity contribution < 1.29 is 13.9 Å². The molecule has 2 nitrogen and oxygen atoms in total. The summed E-state index contributed by atoms with van der Waals surface area (Å²) >= 11 is 0. The largest absolute Gasteiger partial charge is 0.426 e. The van der Waals surface area contributed by atoms with Gasteiger partial charge in [0.1, 0.15) is 11.6 Å². The SMILES string of the molecule is C/C=C/CCC1CCC(C2CCC3C(CCCC3C(=O)Oc3ccc(C)c(F)c3)C2)CC1. The van der Waals surface area contributed by atoms with Crippen LogP contribution in [-0.4, -0.2) is 5.97 Å². The molecule has 1 aromatic rings. The topological polar surface area (TPSA) is 26.3 Å². The van der Waals surface area contributed by atoms with Crippen molar-refractivity contribution in [2.45, 2.75) is 90.9 Å². The van der Waals surface area contributed by atoms with Gasteiger partial charge in [0.2, 0.25) is 0 Å². The number of benzene rings is 1. The van der Waals surface area contributed by atoms with Crippen LogP contribution in [0.25, 0.3) is 0 Å². The van der Waals surface area contributed by atoms with Gasteiger partial charge < -0.3 is 4.74 Å². The Balaban J connectivity index is 1.29. The zero-order valence-corrected chi connectivity index (χ0v) is 20.0. The van der Waals surface area contributed by atoms with E-state index in [2.05, 4.69) is 19.1 Å². The molecule has 0 N–H and O–H groups in total. The first-order chi connectivity index (χ1) is 15.5. The number of halogens is 1. The van der Waals surface area contributed by atoms with Crippen LogP contribution in [0.2, 0.25) is 0 Å². The lowest BCUT2D eigenvalue weighted by molar-refractivity contribution is -0.144. The standard InChI is InChI=1S/C29H41FO2/c1-3-4-5-7-21-11-13-22(14-12-21)23-15-17-26-24(18-23)8-6-9-27(26)29(31)32-25-16-10-20(2)28(30)19-25/h3-4,10,16,19,21-24,26-27H,5-9,11-15,17-18H2,1-2H3/b4-3+. The van der Waals surface area contributed by atoms with E-state index in [1.54, 1.807) is 19.1 Å². The summed E-state index contributed by atoms with van der Waals surface area (Å²) in [6, 6.07) is 4.74. The van der Waals surface area contributed by atoms with E-state index in [-0.39, 0.29) is 17.7 Å². The maximum absolute atomic E-state index is 13.9. The molecule has 0 spiro atoms. The Hall–Kier alpha value is -1.64. The monoisotopic (exact) mass is 440 g/mol. The molecule has 32 heavy (non-hydrogen) atoms. The van der Waals surface area contributed by atoms with Crippen molar-refractivity contribution in [1.29, 1.82) is 0 Å². The minimum Gasteiger partial charge on any atom is -0.426 e. The fourth-order valence-corrected chi connectivity index (χ4v) is 7.00. The van der Waals surface area contributed by atoms with Crippen molar-refractivity contribution >= 4 is 5.97 Å². The maximum atomic E-state index is 13.9. The van der Waals surface area contributed by atoms with Gasteiger partial charge in [-0.1, -0.05) is 43.9 Å². The van der Waals surface area contributed by atoms with Crippen LogP contribution >= 0.6 is 0 Å². The van der Waals surface area contributed by atoms with Crippen molar-refractivity contribution in [3.05, 3.63) is 41.7 Å². The number of allylic oxidation sites excluding steroid dienone is 2. The molecule has 0 heterocycles. The van der Waals surface area contributed by atoms with E-state index < -0.39 is 0 Å². The molecule has 0 amide bonds. The number of carbonyl (C=O) groups excluding carboxylic acids is 1. The number of fused-ring (bicyclic) bond motifs is 1. The van der Waals surface area contributed by atoms with Gasteiger partial charge in [-0.3, -0.25) is 4.79 Å². The summed E-state index contributed by atoms with van der Waals surface area (Å²) in [5, 5.41) is 0. The van der Waals surface area contributed by atoms with Crippen molar-refractivity contribution in [3.63, 3.8) is 0 Å². The third-order valence-corrected chi connectivity index (χ3v) is 8.89. The lowest BCUT2D eigenvalue weighted by Crippen LogP contribution is -2.40. The molecule has 3 fully saturated rings. The highest BCUT2D eigenvalue weighted by atomic mass is 19.1.